The average molecular weight is 226 g/mol. The van der Waals surface area contributed by atoms with E-state index in [1.54, 1.807) is 0 Å². The molecule has 0 aliphatic heterocycles. The van der Waals surface area contributed by atoms with Gasteiger partial charge in [0.25, 0.3) is 0 Å². The standard InChI is InChI=1S/C12H16ClNO/c1-8(2)10-4-5-11(15-7-6-14)9(3)12(10)13/h4-6,8,14H,7H2,1-3H3. The number of halogens is 1. The molecule has 2 nitrogen and oxygen atoms in total. The van der Waals surface area contributed by atoms with Gasteiger partial charge in [0.05, 0.1) is 5.02 Å². The zero-order valence-corrected chi connectivity index (χ0v) is 10.1. The molecular weight excluding hydrogens is 210 g/mol. The quantitative estimate of drug-likeness (QED) is 0.777. The van der Waals surface area contributed by atoms with Crippen LogP contribution in [0.5, 0.6) is 5.75 Å². The number of ether oxygens (including phenoxy) is 1. The molecule has 3 heteroatoms. The van der Waals surface area contributed by atoms with E-state index in [1.165, 1.54) is 6.21 Å². The molecule has 0 radical (unpaired) electrons. The summed E-state index contributed by atoms with van der Waals surface area (Å²) in [5.41, 5.74) is 2.08. The van der Waals surface area contributed by atoms with Crippen molar-refractivity contribution in [3.8, 4) is 5.75 Å². The molecule has 0 heterocycles. The summed E-state index contributed by atoms with van der Waals surface area (Å²) in [5, 5.41) is 7.67. The van der Waals surface area contributed by atoms with E-state index in [0.717, 1.165) is 21.9 Å². The third kappa shape index (κ3) is 2.72. The van der Waals surface area contributed by atoms with Crippen LogP contribution in [0.4, 0.5) is 0 Å². The molecule has 1 aromatic rings. The largest absolute Gasteiger partial charge is 0.488 e. The maximum atomic E-state index is 6.90. The molecule has 0 unspecified atom stereocenters. The summed E-state index contributed by atoms with van der Waals surface area (Å²) in [6.45, 7) is 6.45. The van der Waals surface area contributed by atoms with Crippen molar-refractivity contribution in [2.45, 2.75) is 26.7 Å². The van der Waals surface area contributed by atoms with Gasteiger partial charge in [-0.1, -0.05) is 31.5 Å². The van der Waals surface area contributed by atoms with Crippen LogP contribution in [0.15, 0.2) is 12.1 Å². The summed E-state index contributed by atoms with van der Waals surface area (Å²) >= 11 is 6.24. The SMILES string of the molecule is Cc1c(OCC=N)ccc(C(C)C)c1Cl. The van der Waals surface area contributed by atoms with Crippen LogP contribution in [0.2, 0.25) is 5.02 Å². The van der Waals surface area contributed by atoms with Crippen LogP contribution in [0.25, 0.3) is 0 Å². The molecular formula is C12H16ClNO. The normalized spacial score (nSPS) is 10.5. The van der Waals surface area contributed by atoms with Crippen LogP contribution < -0.4 is 4.74 Å². The maximum absolute atomic E-state index is 6.90. The van der Waals surface area contributed by atoms with Crippen molar-refractivity contribution in [2.24, 2.45) is 0 Å². The molecule has 0 saturated carbocycles. The fourth-order valence-corrected chi connectivity index (χ4v) is 1.80. The smallest absolute Gasteiger partial charge is 0.124 e. The Hall–Kier alpha value is -1.02. The second-order valence-electron chi connectivity index (χ2n) is 3.76. The van der Waals surface area contributed by atoms with Gasteiger partial charge < -0.3 is 10.1 Å². The van der Waals surface area contributed by atoms with Crippen LogP contribution in [-0.4, -0.2) is 12.8 Å². The highest BCUT2D eigenvalue weighted by atomic mass is 35.5. The first kappa shape index (κ1) is 12.1. The van der Waals surface area contributed by atoms with Crippen molar-refractivity contribution >= 4 is 17.8 Å². The summed E-state index contributed by atoms with van der Waals surface area (Å²) in [6, 6.07) is 3.90. The molecule has 15 heavy (non-hydrogen) atoms. The van der Waals surface area contributed by atoms with Crippen molar-refractivity contribution in [1.29, 1.82) is 5.41 Å². The molecule has 0 amide bonds. The van der Waals surface area contributed by atoms with E-state index < -0.39 is 0 Å². The molecule has 0 fully saturated rings. The van der Waals surface area contributed by atoms with Gasteiger partial charge in [-0.3, -0.25) is 0 Å². The van der Waals surface area contributed by atoms with Gasteiger partial charge in [0, 0.05) is 11.8 Å². The minimum Gasteiger partial charge on any atom is -0.488 e. The molecule has 0 spiro atoms. The number of benzene rings is 1. The molecule has 1 rings (SSSR count). The lowest BCUT2D eigenvalue weighted by molar-refractivity contribution is 0.377. The molecule has 1 aromatic carbocycles. The Bertz CT molecular complexity index is 361. The van der Waals surface area contributed by atoms with Gasteiger partial charge >= 0.3 is 0 Å². The van der Waals surface area contributed by atoms with Crippen LogP contribution in [0.3, 0.4) is 0 Å². The Morgan fingerprint density at radius 2 is 2.13 bits per heavy atom. The van der Waals surface area contributed by atoms with Crippen LogP contribution in [0, 0.1) is 12.3 Å². The number of hydrogen-bond acceptors (Lipinski definition) is 2. The third-order valence-electron chi connectivity index (χ3n) is 2.31. The van der Waals surface area contributed by atoms with Crippen LogP contribution in [0.1, 0.15) is 30.9 Å². The molecule has 0 aromatic heterocycles. The molecule has 82 valence electrons. The fourth-order valence-electron chi connectivity index (χ4n) is 1.42. The first-order valence-electron chi connectivity index (χ1n) is 4.98. The highest BCUT2D eigenvalue weighted by Gasteiger charge is 2.11. The number of rotatable bonds is 4. The molecule has 0 bridgehead atoms. The third-order valence-corrected chi connectivity index (χ3v) is 2.81. The molecule has 0 atom stereocenters. The zero-order chi connectivity index (χ0) is 11.4. The van der Waals surface area contributed by atoms with Gasteiger partial charge in [-0.2, -0.15) is 0 Å². The Morgan fingerprint density at radius 1 is 1.47 bits per heavy atom. The lowest BCUT2D eigenvalue weighted by Crippen LogP contribution is -2.00. The summed E-state index contributed by atoms with van der Waals surface area (Å²) < 4.78 is 5.37. The molecule has 0 aliphatic rings. The molecule has 1 N–H and O–H groups in total. The van der Waals surface area contributed by atoms with Crippen molar-refractivity contribution in [1.82, 2.24) is 0 Å². The van der Waals surface area contributed by atoms with Gasteiger partial charge in [0.2, 0.25) is 0 Å². The number of hydrogen-bond donors (Lipinski definition) is 1. The minimum atomic E-state index is 0.290. The Kier molecular flexibility index (Phi) is 4.15. The maximum Gasteiger partial charge on any atom is 0.124 e. The van der Waals surface area contributed by atoms with E-state index in [0.29, 0.717) is 5.92 Å². The van der Waals surface area contributed by atoms with Gasteiger partial charge in [-0.05, 0) is 24.5 Å². The second-order valence-corrected chi connectivity index (χ2v) is 4.14. The average Bonchev–Trinajstić information content (AvgIpc) is 2.20. The highest BCUT2D eigenvalue weighted by Crippen LogP contribution is 2.32. The van der Waals surface area contributed by atoms with Crippen LogP contribution in [-0.2, 0) is 0 Å². The van der Waals surface area contributed by atoms with Crippen molar-refractivity contribution in [2.75, 3.05) is 6.61 Å². The van der Waals surface area contributed by atoms with Gasteiger partial charge in [-0.15, -0.1) is 0 Å². The molecule has 0 saturated heterocycles. The van der Waals surface area contributed by atoms with E-state index in [9.17, 15) is 0 Å². The van der Waals surface area contributed by atoms with Crippen LogP contribution >= 0.6 is 11.6 Å². The Morgan fingerprint density at radius 3 is 2.67 bits per heavy atom. The summed E-state index contributed by atoms with van der Waals surface area (Å²) in [7, 11) is 0. The van der Waals surface area contributed by atoms with Crippen molar-refractivity contribution in [3.05, 3.63) is 28.3 Å². The Balaban J connectivity index is 3.04. The fraction of sp³-hybridized carbons (Fsp3) is 0.417. The van der Waals surface area contributed by atoms with E-state index in [2.05, 4.69) is 13.8 Å². The molecule has 0 aliphatic carbocycles. The van der Waals surface area contributed by atoms with E-state index in [-0.39, 0.29) is 6.61 Å². The second kappa shape index (κ2) is 5.17. The van der Waals surface area contributed by atoms with Gasteiger partial charge in [0.1, 0.15) is 12.4 Å². The van der Waals surface area contributed by atoms with Gasteiger partial charge in [0.15, 0.2) is 0 Å². The number of nitrogens with one attached hydrogen (secondary N) is 1. The summed E-state index contributed by atoms with van der Waals surface area (Å²) in [4.78, 5) is 0. The van der Waals surface area contributed by atoms with E-state index in [1.807, 2.05) is 19.1 Å². The highest BCUT2D eigenvalue weighted by molar-refractivity contribution is 6.32. The zero-order valence-electron chi connectivity index (χ0n) is 9.30. The first-order chi connectivity index (χ1) is 7.07. The van der Waals surface area contributed by atoms with Crippen molar-refractivity contribution < 1.29 is 4.74 Å². The topological polar surface area (TPSA) is 33.1 Å². The predicted octanol–water partition coefficient (Wildman–Crippen LogP) is 3.80. The van der Waals surface area contributed by atoms with E-state index in [4.69, 9.17) is 21.7 Å². The van der Waals surface area contributed by atoms with E-state index >= 15 is 0 Å². The summed E-state index contributed by atoms with van der Waals surface area (Å²) in [6.07, 6.45) is 1.23. The monoisotopic (exact) mass is 225 g/mol. The van der Waals surface area contributed by atoms with Gasteiger partial charge in [-0.25, -0.2) is 0 Å². The Labute approximate surface area is 95.7 Å². The predicted molar refractivity (Wildman–Crippen MR) is 64.6 cm³/mol. The minimum absolute atomic E-state index is 0.290. The first-order valence-corrected chi connectivity index (χ1v) is 5.36. The lowest BCUT2D eigenvalue weighted by Gasteiger charge is -2.14. The summed E-state index contributed by atoms with van der Waals surface area (Å²) in [5.74, 6) is 1.17. The lowest BCUT2D eigenvalue weighted by atomic mass is 10.0. The van der Waals surface area contributed by atoms with Crippen molar-refractivity contribution in [3.63, 3.8) is 0 Å².